The average molecular weight is 389 g/mol. The maximum absolute atomic E-state index is 5.74. The van der Waals surface area contributed by atoms with Gasteiger partial charge in [-0.2, -0.15) is 0 Å². The molecule has 154 valence electrons. The van der Waals surface area contributed by atoms with Gasteiger partial charge in [-0.05, 0) is 49.9 Å². The highest BCUT2D eigenvalue weighted by atomic mass is 16.5. The molecule has 1 fully saturated rings. The fraction of sp³-hybridized carbons (Fsp3) is 0.650. The number of aromatic nitrogens is 4. The molecule has 1 aliphatic heterocycles. The Morgan fingerprint density at radius 1 is 1.11 bits per heavy atom. The van der Waals surface area contributed by atoms with Gasteiger partial charge in [-0.3, -0.25) is 4.90 Å². The molecule has 2 heterocycles. The largest absolute Gasteiger partial charge is 0.497 e. The zero-order chi connectivity index (χ0) is 20.3. The molecule has 28 heavy (non-hydrogen) atoms. The predicted molar refractivity (Wildman–Crippen MR) is 108 cm³/mol. The molecular formula is C20H32N6O2. The van der Waals surface area contributed by atoms with E-state index in [-0.39, 0.29) is 11.6 Å². The number of nitrogens with zero attached hydrogens (tertiary/aromatic N) is 6. The number of ether oxygens (including phenoxy) is 2. The van der Waals surface area contributed by atoms with Gasteiger partial charge in [-0.15, -0.1) is 5.10 Å². The van der Waals surface area contributed by atoms with Crippen LogP contribution in [0.5, 0.6) is 11.5 Å². The third-order valence-electron chi connectivity index (χ3n) is 5.82. The van der Waals surface area contributed by atoms with Crippen LogP contribution in [0.4, 0.5) is 0 Å². The minimum Gasteiger partial charge on any atom is -0.497 e. The summed E-state index contributed by atoms with van der Waals surface area (Å²) in [7, 11) is 5.51. The third-order valence-corrected chi connectivity index (χ3v) is 5.82. The quantitative estimate of drug-likeness (QED) is 0.720. The minimum atomic E-state index is -0.177. The first-order valence-corrected chi connectivity index (χ1v) is 9.84. The van der Waals surface area contributed by atoms with Crippen molar-refractivity contribution in [2.45, 2.75) is 38.8 Å². The van der Waals surface area contributed by atoms with Crippen molar-refractivity contribution in [3.63, 3.8) is 0 Å². The van der Waals surface area contributed by atoms with Crippen LogP contribution in [0.15, 0.2) is 18.2 Å². The predicted octanol–water partition coefficient (Wildman–Crippen LogP) is 2.17. The van der Waals surface area contributed by atoms with E-state index in [1.165, 1.54) is 0 Å². The van der Waals surface area contributed by atoms with Crippen LogP contribution in [0.25, 0.3) is 0 Å². The molecule has 1 aromatic carbocycles. The van der Waals surface area contributed by atoms with Crippen LogP contribution < -0.4 is 9.47 Å². The first kappa shape index (κ1) is 20.5. The highest BCUT2D eigenvalue weighted by Gasteiger charge is 2.35. The minimum absolute atomic E-state index is 0.0876. The summed E-state index contributed by atoms with van der Waals surface area (Å²) in [4.78, 5) is 4.79. The van der Waals surface area contributed by atoms with Gasteiger partial charge in [0.1, 0.15) is 17.5 Å². The molecule has 0 N–H and O–H groups in total. The molecule has 8 heteroatoms. The smallest absolute Gasteiger partial charge is 0.173 e. The summed E-state index contributed by atoms with van der Waals surface area (Å²) in [5, 5.41) is 12.9. The summed E-state index contributed by atoms with van der Waals surface area (Å²) in [6, 6.07) is 5.88. The number of piperazine rings is 1. The first-order valence-electron chi connectivity index (χ1n) is 9.84. The van der Waals surface area contributed by atoms with Gasteiger partial charge in [0.15, 0.2) is 5.82 Å². The van der Waals surface area contributed by atoms with E-state index in [1.807, 2.05) is 16.8 Å². The third kappa shape index (κ3) is 3.98. The molecule has 1 aromatic heterocycles. The van der Waals surface area contributed by atoms with Gasteiger partial charge in [0, 0.05) is 37.8 Å². The lowest BCUT2D eigenvalue weighted by Crippen LogP contribution is -2.47. The molecule has 0 spiro atoms. The van der Waals surface area contributed by atoms with Gasteiger partial charge in [0.2, 0.25) is 0 Å². The summed E-state index contributed by atoms with van der Waals surface area (Å²) < 4.78 is 13.1. The van der Waals surface area contributed by atoms with Gasteiger partial charge >= 0.3 is 0 Å². The summed E-state index contributed by atoms with van der Waals surface area (Å²) in [6.07, 6.45) is 0.931. The summed E-state index contributed by atoms with van der Waals surface area (Å²) in [6.45, 7) is 10.4. The van der Waals surface area contributed by atoms with E-state index in [9.17, 15) is 0 Å². The Balaban J connectivity index is 2.11. The molecule has 0 saturated carbocycles. The van der Waals surface area contributed by atoms with Crippen molar-refractivity contribution in [2.24, 2.45) is 0 Å². The SMILES string of the molecule is CCC(C)(C)n1nnnc1C(c1ccc(OC)cc1OC)N1CCN(C)CC1. The summed E-state index contributed by atoms with van der Waals surface area (Å²) in [5.74, 6) is 2.40. The van der Waals surface area contributed by atoms with Gasteiger partial charge in [0.05, 0.1) is 19.8 Å². The number of tetrazole rings is 1. The molecule has 1 aliphatic rings. The van der Waals surface area contributed by atoms with Crippen molar-refractivity contribution in [3.05, 3.63) is 29.6 Å². The van der Waals surface area contributed by atoms with Crippen molar-refractivity contribution in [3.8, 4) is 11.5 Å². The summed E-state index contributed by atoms with van der Waals surface area (Å²) >= 11 is 0. The van der Waals surface area contributed by atoms with Crippen molar-refractivity contribution < 1.29 is 9.47 Å². The fourth-order valence-electron chi connectivity index (χ4n) is 3.57. The van der Waals surface area contributed by atoms with Crippen molar-refractivity contribution >= 4 is 0 Å². The molecule has 2 aromatic rings. The number of hydrogen-bond donors (Lipinski definition) is 0. The Kier molecular flexibility index (Phi) is 6.20. The Labute approximate surface area is 167 Å². The normalized spacial score (nSPS) is 17.5. The van der Waals surface area contributed by atoms with E-state index in [0.717, 1.165) is 55.5 Å². The molecule has 0 bridgehead atoms. The lowest BCUT2D eigenvalue weighted by Gasteiger charge is -2.39. The Morgan fingerprint density at radius 2 is 1.82 bits per heavy atom. The van der Waals surface area contributed by atoms with E-state index in [2.05, 4.69) is 59.2 Å². The van der Waals surface area contributed by atoms with E-state index >= 15 is 0 Å². The van der Waals surface area contributed by atoms with E-state index < -0.39 is 0 Å². The number of methoxy groups -OCH3 is 2. The maximum Gasteiger partial charge on any atom is 0.173 e. The van der Waals surface area contributed by atoms with Gasteiger partial charge in [-0.25, -0.2) is 4.68 Å². The second-order valence-electron chi connectivity index (χ2n) is 7.96. The topological polar surface area (TPSA) is 68.5 Å². The van der Waals surface area contributed by atoms with Crippen LogP contribution >= 0.6 is 0 Å². The molecule has 0 radical (unpaired) electrons. The fourth-order valence-corrected chi connectivity index (χ4v) is 3.57. The van der Waals surface area contributed by atoms with Gasteiger partial charge < -0.3 is 14.4 Å². The van der Waals surface area contributed by atoms with Crippen molar-refractivity contribution in [1.29, 1.82) is 0 Å². The molecular weight excluding hydrogens is 356 g/mol. The molecule has 1 atom stereocenters. The monoisotopic (exact) mass is 388 g/mol. The molecule has 0 amide bonds. The zero-order valence-corrected chi connectivity index (χ0v) is 17.8. The molecule has 1 saturated heterocycles. The number of rotatable bonds is 7. The standard InChI is InChI=1S/C20H32N6O2/c1-7-20(2,3)26-19(21-22-23-26)18(25-12-10-24(4)11-13-25)16-9-8-15(27-5)14-17(16)28-6/h8-9,14,18H,7,10-13H2,1-6H3. The van der Waals surface area contributed by atoms with Crippen LogP contribution in [0, 0.1) is 0 Å². The van der Waals surface area contributed by atoms with E-state index in [1.54, 1.807) is 14.2 Å². The number of likely N-dealkylation sites (N-methyl/N-ethyl adjacent to an activating group) is 1. The zero-order valence-electron chi connectivity index (χ0n) is 17.8. The van der Waals surface area contributed by atoms with Crippen LogP contribution in [-0.2, 0) is 5.54 Å². The summed E-state index contributed by atoms with van der Waals surface area (Å²) in [5.41, 5.74) is 0.874. The van der Waals surface area contributed by atoms with Crippen molar-refractivity contribution in [2.75, 3.05) is 47.4 Å². The number of benzene rings is 1. The lowest BCUT2D eigenvalue weighted by atomic mass is 9.98. The molecule has 1 unspecified atom stereocenters. The van der Waals surface area contributed by atoms with Gasteiger partial charge in [-0.1, -0.05) is 6.92 Å². The highest BCUT2D eigenvalue weighted by molar-refractivity contribution is 5.44. The Bertz CT molecular complexity index is 783. The first-order chi connectivity index (χ1) is 13.4. The van der Waals surface area contributed by atoms with Crippen LogP contribution in [0.2, 0.25) is 0 Å². The Morgan fingerprint density at radius 3 is 2.43 bits per heavy atom. The van der Waals surface area contributed by atoms with Crippen LogP contribution in [-0.4, -0.2) is 77.5 Å². The van der Waals surface area contributed by atoms with E-state index in [0.29, 0.717) is 0 Å². The van der Waals surface area contributed by atoms with E-state index in [4.69, 9.17) is 9.47 Å². The second kappa shape index (κ2) is 8.45. The molecule has 3 rings (SSSR count). The van der Waals surface area contributed by atoms with Crippen molar-refractivity contribution in [1.82, 2.24) is 30.0 Å². The maximum atomic E-state index is 5.74. The second-order valence-corrected chi connectivity index (χ2v) is 7.96. The van der Waals surface area contributed by atoms with Gasteiger partial charge in [0.25, 0.3) is 0 Å². The number of hydrogen-bond acceptors (Lipinski definition) is 7. The lowest BCUT2D eigenvalue weighted by molar-refractivity contribution is 0.116. The van der Waals surface area contributed by atoms with Crippen LogP contribution in [0.1, 0.15) is 44.6 Å². The highest BCUT2D eigenvalue weighted by Crippen LogP contribution is 2.37. The van der Waals surface area contributed by atoms with Crippen LogP contribution in [0.3, 0.4) is 0 Å². The average Bonchev–Trinajstić information content (AvgIpc) is 3.20. The molecule has 8 nitrogen and oxygen atoms in total. The molecule has 0 aliphatic carbocycles. The Hall–Kier alpha value is -2.19.